The number of hydrogen-bond acceptors (Lipinski definition) is 1. The maximum absolute atomic E-state index is 10.3. The van der Waals surface area contributed by atoms with Crippen LogP contribution in [-0.2, 0) is 31.0 Å². The zero-order chi connectivity index (χ0) is 14.9. The molecule has 0 aliphatic carbocycles. The largest absolute Gasteiger partial charge is 0.481 e. The zero-order valence-electron chi connectivity index (χ0n) is 13.9. The van der Waals surface area contributed by atoms with Crippen molar-refractivity contribution in [1.29, 1.82) is 0 Å². The minimum Gasteiger partial charge on any atom is -0.481 e. The third kappa shape index (κ3) is 22.5. The van der Waals surface area contributed by atoms with Crippen molar-refractivity contribution in [3.05, 3.63) is 12.2 Å². The Labute approximate surface area is 150 Å². The molecular formula is C18H34O2Zr. The number of allylic oxidation sites excluding steroid dienone is 2. The Balaban J connectivity index is 0. The molecule has 0 aromatic heterocycles. The summed E-state index contributed by atoms with van der Waals surface area (Å²) in [6.07, 6.45) is 21.2. The van der Waals surface area contributed by atoms with Crippen LogP contribution in [0.5, 0.6) is 0 Å². The molecule has 0 bridgehead atoms. The fourth-order valence-electron chi connectivity index (χ4n) is 2.35. The van der Waals surface area contributed by atoms with Crippen LogP contribution in [0.4, 0.5) is 0 Å². The Kier molecular flexibility index (Phi) is 22.4. The molecule has 2 nitrogen and oxygen atoms in total. The van der Waals surface area contributed by atoms with Gasteiger partial charge in [0.2, 0.25) is 0 Å². The third-order valence-corrected chi connectivity index (χ3v) is 3.65. The fraction of sp³-hybridized carbons (Fsp3) is 0.833. The average molecular weight is 374 g/mol. The van der Waals surface area contributed by atoms with Crippen LogP contribution in [0.25, 0.3) is 0 Å². The summed E-state index contributed by atoms with van der Waals surface area (Å²) in [5, 5.41) is 8.51. The van der Waals surface area contributed by atoms with E-state index in [0.717, 1.165) is 12.8 Å². The third-order valence-electron chi connectivity index (χ3n) is 3.65. The van der Waals surface area contributed by atoms with E-state index in [4.69, 9.17) is 5.11 Å². The van der Waals surface area contributed by atoms with Gasteiger partial charge in [0.05, 0.1) is 0 Å². The van der Waals surface area contributed by atoms with Gasteiger partial charge in [-0.1, -0.05) is 70.4 Å². The molecular weight excluding hydrogens is 339 g/mol. The van der Waals surface area contributed by atoms with E-state index >= 15 is 0 Å². The van der Waals surface area contributed by atoms with Crippen LogP contribution in [0.3, 0.4) is 0 Å². The van der Waals surface area contributed by atoms with Crippen molar-refractivity contribution >= 4 is 5.97 Å². The van der Waals surface area contributed by atoms with E-state index in [1.807, 2.05) is 0 Å². The van der Waals surface area contributed by atoms with Gasteiger partial charge in [0.1, 0.15) is 0 Å². The first-order valence-electron chi connectivity index (χ1n) is 8.64. The molecule has 21 heavy (non-hydrogen) atoms. The second-order valence-electron chi connectivity index (χ2n) is 5.73. The fourth-order valence-corrected chi connectivity index (χ4v) is 2.35. The molecule has 0 aromatic rings. The van der Waals surface area contributed by atoms with E-state index in [-0.39, 0.29) is 26.2 Å². The Morgan fingerprint density at radius 3 is 1.67 bits per heavy atom. The summed E-state index contributed by atoms with van der Waals surface area (Å²) < 4.78 is 0. The molecule has 1 N–H and O–H groups in total. The van der Waals surface area contributed by atoms with Crippen molar-refractivity contribution in [3.8, 4) is 0 Å². The van der Waals surface area contributed by atoms with Gasteiger partial charge in [-0.15, -0.1) is 0 Å². The first-order chi connectivity index (χ1) is 9.77. The molecule has 0 saturated carbocycles. The van der Waals surface area contributed by atoms with Gasteiger partial charge in [0.25, 0.3) is 0 Å². The van der Waals surface area contributed by atoms with Gasteiger partial charge in [-0.2, -0.15) is 0 Å². The van der Waals surface area contributed by atoms with Gasteiger partial charge in [0.15, 0.2) is 0 Å². The summed E-state index contributed by atoms with van der Waals surface area (Å²) in [5.74, 6) is -0.664. The van der Waals surface area contributed by atoms with Gasteiger partial charge >= 0.3 is 5.97 Å². The average Bonchev–Trinajstić information content (AvgIpc) is 2.43. The van der Waals surface area contributed by atoms with Gasteiger partial charge in [0, 0.05) is 32.6 Å². The molecule has 0 fully saturated rings. The maximum Gasteiger partial charge on any atom is 0.303 e. The summed E-state index contributed by atoms with van der Waals surface area (Å²) in [6.45, 7) is 2.26. The van der Waals surface area contributed by atoms with Crippen LogP contribution < -0.4 is 0 Å². The van der Waals surface area contributed by atoms with E-state index in [1.54, 1.807) is 0 Å². The van der Waals surface area contributed by atoms with Gasteiger partial charge in [-0.25, -0.2) is 0 Å². The number of carbonyl (C=O) groups is 1. The standard InChI is InChI=1S/C18H34O2.Zr/c1-2-3-4-5-6-7-8-9-10-11-12-13-14-15-16-17-18(19)20;/h9-10H,2-8,11-17H2,1H3,(H,19,20);/b10-9-;. The smallest absolute Gasteiger partial charge is 0.303 e. The SMILES string of the molecule is CCCCCCCC/C=C\CCCCCCCC(=O)O.[Zr]. The van der Waals surface area contributed by atoms with Crippen LogP contribution in [-0.4, -0.2) is 11.1 Å². The Morgan fingerprint density at radius 1 is 0.762 bits per heavy atom. The molecule has 3 heteroatoms. The Morgan fingerprint density at radius 2 is 1.19 bits per heavy atom. The molecule has 0 aliphatic heterocycles. The van der Waals surface area contributed by atoms with Crippen LogP contribution in [0.15, 0.2) is 12.2 Å². The van der Waals surface area contributed by atoms with Crippen molar-refractivity contribution in [2.45, 2.75) is 96.8 Å². The number of aliphatic carboxylic acids is 1. The van der Waals surface area contributed by atoms with Gasteiger partial charge in [-0.05, 0) is 32.1 Å². The van der Waals surface area contributed by atoms with Crippen LogP contribution in [0.2, 0.25) is 0 Å². The molecule has 0 unspecified atom stereocenters. The Hall–Kier alpha value is 0.0931. The van der Waals surface area contributed by atoms with Crippen molar-refractivity contribution in [2.24, 2.45) is 0 Å². The summed E-state index contributed by atoms with van der Waals surface area (Å²) in [6, 6.07) is 0. The van der Waals surface area contributed by atoms with E-state index in [1.165, 1.54) is 70.6 Å². The number of carboxylic acid groups (broad SMARTS) is 1. The van der Waals surface area contributed by atoms with Gasteiger partial charge < -0.3 is 5.11 Å². The molecule has 0 aromatic carbocycles. The first kappa shape index (κ1) is 23.4. The van der Waals surface area contributed by atoms with Crippen LogP contribution in [0, 0.1) is 0 Å². The van der Waals surface area contributed by atoms with Crippen molar-refractivity contribution < 1.29 is 36.1 Å². The van der Waals surface area contributed by atoms with Crippen molar-refractivity contribution in [1.82, 2.24) is 0 Å². The van der Waals surface area contributed by atoms with Gasteiger partial charge in [-0.3, -0.25) is 4.79 Å². The number of rotatable bonds is 15. The molecule has 122 valence electrons. The van der Waals surface area contributed by atoms with E-state index in [9.17, 15) is 4.79 Å². The first-order valence-corrected chi connectivity index (χ1v) is 8.64. The van der Waals surface area contributed by atoms with Crippen LogP contribution >= 0.6 is 0 Å². The molecule has 0 radical (unpaired) electrons. The molecule has 0 saturated heterocycles. The second-order valence-corrected chi connectivity index (χ2v) is 5.73. The molecule has 0 aliphatic rings. The van der Waals surface area contributed by atoms with E-state index in [2.05, 4.69) is 19.1 Å². The summed E-state index contributed by atoms with van der Waals surface area (Å²) in [4.78, 5) is 10.3. The van der Waals surface area contributed by atoms with Crippen molar-refractivity contribution in [2.75, 3.05) is 0 Å². The van der Waals surface area contributed by atoms with Crippen LogP contribution in [0.1, 0.15) is 96.8 Å². The molecule has 0 rings (SSSR count). The summed E-state index contributed by atoms with van der Waals surface area (Å²) >= 11 is 0. The molecule has 0 amide bonds. The summed E-state index contributed by atoms with van der Waals surface area (Å²) in [5.41, 5.74) is 0. The minimum atomic E-state index is -0.664. The van der Waals surface area contributed by atoms with E-state index < -0.39 is 5.97 Å². The van der Waals surface area contributed by atoms with Crippen molar-refractivity contribution in [3.63, 3.8) is 0 Å². The predicted molar refractivity (Wildman–Crippen MR) is 87.1 cm³/mol. The van der Waals surface area contributed by atoms with E-state index in [0.29, 0.717) is 6.42 Å². The topological polar surface area (TPSA) is 37.3 Å². The minimum absolute atomic E-state index is 0. The zero-order valence-corrected chi connectivity index (χ0v) is 16.4. The monoisotopic (exact) mass is 372 g/mol. The predicted octanol–water partition coefficient (Wildman–Crippen LogP) is 6.11. The number of carboxylic acids is 1. The normalized spacial score (nSPS) is 10.7. The molecule has 0 heterocycles. The molecule has 0 atom stereocenters. The number of unbranched alkanes of at least 4 members (excludes halogenated alkanes) is 11. The maximum atomic E-state index is 10.3. The Bertz CT molecular complexity index is 239. The molecule has 0 spiro atoms. The second kappa shape index (κ2) is 20.1. The number of hydrogen-bond donors (Lipinski definition) is 1. The quantitative estimate of drug-likeness (QED) is 0.278. The summed E-state index contributed by atoms with van der Waals surface area (Å²) in [7, 11) is 0.